The molecule has 4 N–H and O–H groups in total. The van der Waals surface area contributed by atoms with Gasteiger partial charge in [-0.1, -0.05) is 6.58 Å². The Hall–Kier alpha value is -3.63. The molecular formula is C24H27F4N7. The third kappa shape index (κ3) is 5.08. The number of nitrogens with one attached hydrogen (secondary N) is 2. The second kappa shape index (κ2) is 8.86. The van der Waals surface area contributed by atoms with E-state index in [1.54, 1.807) is 29.3 Å². The lowest BCUT2D eigenvalue weighted by Crippen LogP contribution is -2.31. The van der Waals surface area contributed by atoms with E-state index in [1.807, 2.05) is 12.1 Å². The van der Waals surface area contributed by atoms with Crippen molar-refractivity contribution in [2.75, 3.05) is 11.9 Å². The fourth-order valence-corrected chi connectivity index (χ4v) is 3.98. The highest BCUT2D eigenvalue weighted by molar-refractivity contribution is 5.94. The number of anilines is 1. The Kier molecular flexibility index (Phi) is 6.20. The zero-order chi connectivity index (χ0) is 25.4. The van der Waals surface area contributed by atoms with Crippen LogP contribution >= 0.6 is 0 Å². The van der Waals surface area contributed by atoms with Crippen molar-refractivity contribution in [1.29, 1.82) is 0 Å². The molecule has 5 rings (SSSR count). The molecule has 0 spiro atoms. The van der Waals surface area contributed by atoms with Crippen molar-refractivity contribution in [3.05, 3.63) is 55.3 Å². The van der Waals surface area contributed by atoms with E-state index in [9.17, 15) is 17.6 Å². The number of H-pyrrole nitrogens is 1. The summed E-state index contributed by atoms with van der Waals surface area (Å²) in [7, 11) is 0. The van der Waals surface area contributed by atoms with Crippen LogP contribution in [0.25, 0.3) is 27.7 Å². The van der Waals surface area contributed by atoms with E-state index in [0.717, 1.165) is 27.6 Å². The van der Waals surface area contributed by atoms with Crippen molar-refractivity contribution in [3.63, 3.8) is 0 Å². The number of fused-ring (bicyclic) bond motifs is 2. The summed E-state index contributed by atoms with van der Waals surface area (Å²) in [5.74, 6) is 0.153. The number of halogens is 4. The Bertz CT molecular complexity index is 1340. The second-order valence-electron chi connectivity index (χ2n) is 9.34. The zero-order valence-corrected chi connectivity index (χ0v) is 19.5. The molecule has 0 saturated heterocycles. The summed E-state index contributed by atoms with van der Waals surface area (Å²) in [6.45, 7) is 5.96. The number of aromatic amines is 1. The molecule has 0 aliphatic heterocycles. The second-order valence-corrected chi connectivity index (χ2v) is 9.34. The van der Waals surface area contributed by atoms with Gasteiger partial charge in [0.15, 0.2) is 0 Å². The number of nitrogens with two attached hydrogens (primary N) is 1. The van der Waals surface area contributed by atoms with Crippen LogP contribution in [0.1, 0.15) is 32.3 Å². The number of aromatic nitrogens is 5. The normalized spacial score (nSPS) is 15.0. The molecule has 0 atom stereocenters. The monoisotopic (exact) mass is 489 g/mol. The quantitative estimate of drug-likeness (QED) is 0.315. The first-order valence-corrected chi connectivity index (χ1v) is 11.1. The van der Waals surface area contributed by atoms with E-state index in [-0.39, 0.29) is 31.8 Å². The lowest BCUT2D eigenvalue weighted by molar-refractivity contribution is -0.182. The molecule has 4 aromatic heterocycles. The Labute approximate surface area is 199 Å². The van der Waals surface area contributed by atoms with Crippen LogP contribution < -0.4 is 11.1 Å². The van der Waals surface area contributed by atoms with E-state index in [1.165, 1.54) is 20.0 Å². The molecule has 1 aliphatic rings. The Balaban J connectivity index is 0.000000917. The summed E-state index contributed by atoms with van der Waals surface area (Å²) >= 11 is 0. The maximum Gasteiger partial charge on any atom is 0.396 e. The minimum absolute atomic E-state index is 0.122. The molecule has 1 saturated carbocycles. The Morgan fingerprint density at radius 2 is 1.97 bits per heavy atom. The van der Waals surface area contributed by atoms with Gasteiger partial charge >= 0.3 is 6.18 Å². The molecule has 1 aliphatic carbocycles. The van der Waals surface area contributed by atoms with E-state index in [2.05, 4.69) is 37.7 Å². The van der Waals surface area contributed by atoms with Crippen molar-refractivity contribution in [3.8, 4) is 11.1 Å². The summed E-state index contributed by atoms with van der Waals surface area (Å²) in [5, 5.41) is 7.77. The van der Waals surface area contributed by atoms with Gasteiger partial charge in [0.25, 0.3) is 0 Å². The molecule has 7 nitrogen and oxygen atoms in total. The molecule has 4 heterocycles. The van der Waals surface area contributed by atoms with Crippen LogP contribution in [0.15, 0.2) is 49.7 Å². The Morgan fingerprint density at radius 1 is 1.26 bits per heavy atom. The van der Waals surface area contributed by atoms with Gasteiger partial charge in [0.1, 0.15) is 11.3 Å². The zero-order valence-electron chi connectivity index (χ0n) is 19.5. The molecule has 35 heavy (non-hydrogen) atoms. The number of pyridine rings is 1. The summed E-state index contributed by atoms with van der Waals surface area (Å²) in [6, 6.07) is 3.82. The van der Waals surface area contributed by atoms with Crippen molar-refractivity contribution < 1.29 is 17.6 Å². The first-order valence-electron chi connectivity index (χ1n) is 11.1. The lowest BCUT2D eigenvalue weighted by Gasteiger charge is -2.19. The van der Waals surface area contributed by atoms with Crippen molar-refractivity contribution in [1.82, 2.24) is 24.6 Å². The molecular weight excluding hydrogens is 462 g/mol. The van der Waals surface area contributed by atoms with Crippen molar-refractivity contribution >= 4 is 22.5 Å². The highest BCUT2D eigenvalue weighted by Gasteiger charge is 2.62. The predicted molar refractivity (Wildman–Crippen MR) is 128 cm³/mol. The fourth-order valence-electron chi connectivity index (χ4n) is 3.98. The molecule has 4 aromatic rings. The first kappa shape index (κ1) is 24.5. The highest BCUT2D eigenvalue weighted by atomic mass is 19.4. The minimum atomic E-state index is -4.23. The average Bonchev–Trinajstić information content (AvgIpc) is 3.33. The van der Waals surface area contributed by atoms with Crippen LogP contribution in [0, 0.1) is 5.41 Å². The van der Waals surface area contributed by atoms with Gasteiger partial charge in [0.05, 0.1) is 17.1 Å². The average molecular weight is 490 g/mol. The molecule has 0 amide bonds. The molecule has 0 aromatic carbocycles. The van der Waals surface area contributed by atoms with Crippen LogP contribution in [-0.2, 0) is 6.42 Å². The number of hydrogen-bond acceptors (Lipinski definition) is 5. The van der Waals surface area contributed by atoms with E-state index >= 15 is 0 Å². The van der Waals surface area contributed by atoms with Gasteiger partial charge in [-0.2, -0.15) is 23.3 Å². The predicted octanol–water partition coefficient (Wildman–Crippen LogP) is 5.41. The van der Waals surface area contributed by atoms with E-state index in [4.69, 9.17) is 0 Å². The molecule has 11 heteroatoms. The first-order chi connectivity index (χ1) is 16.5. The summed E-state index contributed by atoms with van der Waals surface area (Å²) in [5.41, 5.74) is 5.44. The van der Waals surface area contributed by atoms with Crippen molar-refractivity contribution in [2.24, 2.45) is 11.1 Å². The number of hydrogen-bond donors (Lipinski definition) is 3. The van der Waals surface area contributed by atoms with Gasteiger partial charge in [0.2, 0.25) is 5.95 Å². The number of rotatable bonds is 6. The van der Waals surface area contributed by atoms with E-state index < -0.39 is 17.3 Å². The van der Waals surface area contributed by atoms with Crippen LogP contribution in [0.4, 0.5) is 23.5 Å². The lowest BCUT2D eigenvalue weighted by atomic mass is 10.0. The molecule has 0 unspecified atom stereocenters. The van der Waals surface area contributed by atoms with Gasteiger partial charge in [-0.25, -0.2) is 13.9 Å². The van der Waals surface area contributed by atoms with Gasteiger partial charge in [0, 0.05) is 48.1 Å². The molecule has 1 fully saturated rings. The van der Waals surface area contributed by atoms with Gasteiger partial charge < -0.3 is 16.0 Å². The smallest absolute Gasteiger partial charge is 0.396 e. The highest BCUT2D eigenvalue weighted by Crippen LogP contribution is 2.57. The maximum atomic E-state index is 14.2. The van der Waals surface area contributed by atoms with Crippen LogP contribution in [0.2, 0.25) is 0 Å². The summed E-state index contributed by atoms with van der Waals surface area (Å²) in [4.78, 5) is 11.6. The largest absolute Gasteiger partial charge is 0.405 e. The minimum Gasteiger partial charge on any atom is -0.405 e. The van der Waals surface area contributed by atoms with Crippen LogP contribution in [0.3, 0.4) is 0 Å². The summed E-state index contributed by atoms with van der Waals surface area (Å²) < 4.78 is 55.3. The third-order valence-electron chi connectivity index (χ3n) is 6.00. The SMILES string of the molecule is C=CN.CC(C)(F)Cc1cnn2ccc(-c3c[nH]c4nc(NCC5(C(F)(F)F)CC5)ncc34)cc12. The molecule has 0 bridgehead atoms. The van der Waals surface area contributed by atoms with E-state index in [0.29, 0.717) is 5.65 Å². The van der Waals surface area contributed by atoms with Gasteiger partial charge in [-0.3, -0.25) is 0 Å². The van der Waals surface area contributed by atoms with Crippen LogP contribution in [-0.4, -0.2) is 43.0 Å². The van der Waals surface area contributed by atoms with Crippen LogP contribution in [0.5, 0.6) is 0 Å². The Morgan fingerprint density at radius 3 is 2.60 bits per heavy atom. The maximum absolute atomic E-state index is 14.2. The fraction of sp³-hybridized carbons (Fsp3) is 0.375. The standard InChI is InChI=1S/C22H22F4N6.C2H5N/c1-20(2,23)8-14-9-30-32-6-3-13(7-17(14)32)15-10-27-18-16(15)11-28-19(31-18)29-12-21(4-5-21)22(24,25)26;1-2-3/h3,6-7,9-11H,4-5,8,12H2,1-2H3,(H2,27,28,29,31);2H,1,3H2. The number of nitrogens with zero attached hydrogens (tertiary/aromatic N) is 4. The van der Waals surface area contributed by atoms with Gasteiger partial charge in [-0.05, 0) is 50.6 Å². The molecule has 0 radical (unpaired) electrons. The number of alkyl halides is 4. The molecule has 186 valence electrons. The van der Waals surface area contributed by atoms with Gasteiger partial charge in [-0.15, -0.1) is 0 Å². The summed E-state index contributed by atoms with van der Waals surface area (Å²) in [6.07, 6.45) is 4.36. The topological polar surface area (TPSA) is 96.9 Å². The van der Waals surface area contributed by atoms with Crippen molar-refractivity contribution in [2.45, 2.75) is 45.0 Å². The third-order valence-corrected chi connectivity index (χ3v) is 6.00.